The lowest BCUT2D eigenvalue weighted by molar-refractivity contribution is 0.264. The summed E-state index contributed by atoms with van der Waals surface area (Å²) in [5.74, 6) is -1.17. The largest absolute Gasteiger partial charge is 0.490 e. The standard InChI is InChI=1S/C23H38F2O2/c1-4-7-10-17-26-20-15-16-21(23(25)22(20)24)27-18-11-9-14-19(12-6-3)13-8-5-2/h15-16,19H,4-14,17-18H2,1-3H3. The number of unbranched alkanes of at least 4 members (excludes halogenated alkanes) is 4. The normalized spacial score (nSPS) is 12.2. The summed E-state index contributed by atoms with van der Waals surface area (Å²) in [7, 11) is 0. The van der Waals surface area contributed by atoms with Crippen LogP contribution in [-0.4, -0.2) is 13.2 Å². The average Bonchev–Trinajstić information content (AvgIpc) is 2.67. The molecule has 156 valence electrons. The number of ether oxygens (including phenoxy) is 2. The second-order valence-corrected chi connectivity index (χ2v) is 7.39. The molecule has 1 unspecified atom stereocenters. The van der Waals surface area contributed by atoms with E-state index in [1.807, 2.05) is 0 Å². The van der Waals surface area contributed by atoms with E-state index in [-0.39, 0.29) is 11.5 Å². The van der Waals surface area contributed by atoms with Crippen LogP contribution in [0.25, 0.3) is 0 Å². The topological polar surface area (TPSA) is 18.5 Å². The molecule has 0 fully saturated rings. The van der Waals surface area contributed by atoms with Gasteiger partial charge in [-0.15, -0.1) is 0 Å². The van der Waals surface area contributed by atoms with Gasteiger partial charge in [0.1, 0.15) is 0 Å². The molecule has 0 N–H and O–H groups in total. The average molecular weight is 385 g/mol. The molecule has 0 radical (unpaired) electrons. The van der Waals surface area contributed by atoms with Gasteiger partial charge in [-0.1, -0.05) is 72.1 Å². The Hall–Kier alpha value is -1.32. The van der Waals surface area contributed by atoms with Crippen LogP contribution in [0, 0.1) is 17.6 Å². The summed E-state index contributed by atoms with van der Waals surface area (Å²) in [4.78, 5) is 0. The minimum absolute atomic E-state index is 0.0236. The zero-order valence-electron chi connectivity index (χ0n) is 17.5. The highest BCUT2D eigenvalue weighted by Crippen LogP contribution is 2.28. The van der Waals surface area contributed by atoms with Crippen molar-refractivity contribution in [3.05, 3.63) is 23.8 Å². The fraction of sp³-hybridized carbons (Fsp3) is 0.739. The lowest BCUT2D eigenvalue weighted by Gasteiger charge is -2.16. The zero-order valence-corrected chi connectivity index (χ0v) is 17.5. The predicted octanol–water partition coefficient (Wildman–Crippen LogP) is 7.69. The Bertz CT molecular complexity index is 505. The molecule has 0 bridgehead atoms. The molecule has 2 nitrogen and oxygen atoms in total. The zero-order chi connectivity index (χ0) is 19.9. The van der Waals surface area contributed by atoms with Gasteiger partial charge in [-0.3, -0.25) is 0 Å². The minimum atomic E-state index is -0.952. The Morgan fingerprint density at radius 2 is 1.19 bits per heavy atom. The summed E-state index contributed by atoms with van der Waals surface area (Å²) >= 11 is 0. The summed E-state index contributed by atoms with van der Waals surface area (Å²) in [5, 5.41) is 0. The summed E-state index contributed by atoms with van der Waals surface area (Å²) in [6, 6.07) is 2.93. The molecule has 0 aliphatic heterocycles. The van der Waals surface area contributed by atoms with Crippen molar-refractivity contribution in [2.45, 2.75) is 91.4 Å². The number of hydrogen-bond acceptors (Lipinski definition) is 2. The molecule has 0 spiro atoms. The van der Waals surface area contributed by atoms with Crippen molar-refractivity contribution >= 4 is 0 Å². The SMILES string of the molecule is CCCCCOc1ccc(OCCCCC(CCC)CCCC)c(F)c1F. The molecule has 1 atom stereocenters. The van der Waals surface area contributed by atoms with Crippen LogP contribution < -0.4 is 9.47 Å². The van der Waals surface area contributed by atoms with E-state index in [2.05, 4.69) is 20.8 Å². The third-order valence-corrected chi connectivity index (χ3v) is 4.94. The maximum Gasteiger partial charge on any atom is 0.204 e. The first kappa shape index (κ1) is 23.7. The number of halogens is 2. The van der Waals surface area contributed by atoms with Crippen LogP contribution in [0.1, 0.15) is 91.4 Å². The van der Waals surface area contributed by atoms with E-state index in [0.29, 0.717) is 13.2 Å². The summed E-state index contributed by atoms with van der Waals surface area (Å²) in [6.07, 6.45) is 12.4. The summed E-state index contributed by atoms with van der Waals surface area (Å²) < 4.78 is 39.0. The molecule has 0 aliphatic carbocycles. The van der Waals surface area contributed by atoms with Crippen LogP contribution in [0.2, 0.25) is 0 Å². The predicted molar refractivity (Wildman–Crippen MR) is 109 cm³/mol. The highest BCUT2D eigenvalue weighted by Gasteiger charge is 2.15. The van der Waals surface area contributed by atoms with Crippen LogP contribution in [0.15, 0.2) is 12.1 Å². The van der Waals surface area contributed by atoms with Crippen molar-refractivity contribution in [1.82, 2.24) is 0 Å². The molecule has 0 saturated heterocycles. The lowest BCUT2D eigenvalue weighted by atomic mass is 9.92. The van der Waals surface area contributed by atoms with E-state index >= 15 is 0 Å². The van der Waals surface area contributed by atoms with Crippen LogP contribution in [0.5, 0.6) is 11.5 Å². The molecular weight excluding hydrogens is 346 g/mol. The Morgan fingerprint density at radius 3 is 1.70 bits per heavy atom. The fourth-order valence-electron chi connectivity index (χ4n) is 3.32. The van der Waals surface area contributed by atoms with E-state index < -0.39 is 11.6 Å². The highest BCUT2D eigenvalue weighted by atomic mass is 19.2. The number of hydrogen-bond donors (Lipinski definition) is 0. The van der Waals surface area contributed by atoms with Crippen molar-refractivity contribution in [3.63, 3.8) is 0 Å². The molecule has 1 aromatic rings. The van der Waals surface area contributed by atoms with Crippen molar-refractivity contribution in [2.75, 3.05) is 13.2 Å². The van der Waals surface area contributed by atoms with Crippen LogP contribution in [0.3, 0.4) is 0 Å². The molecule has 1 aromatic carbocycles. The van der Waals surface area contributed by atoms with E-state index in [1.165, 1.54) is 50.7 Å². The Balaban J connectivity index is 2.36. The van der Waals surface area contributed by atoms with Gasteiger partial charge in [0.05, 0.1) is 13.2 Å². The quantitative estimate of drug-likeness (QED) is 0.272. The first-order valence-corrected chi connectivity index (χ1v) is 10.9. The molecular formula is C23H38F2O2. The maximum absolute atomic E-state index is 14.1. The molecule has 0 heterocycles. The Kier molecular flexibility index (Phi) is 12.9. The maximum atomic E-state index is 14.1. The highest BCUT2D eigenvalue weighted by molar-refractivity contribution is 5.35. The molecule has 27 heavy (non-hydrogen) atoms. The second-order valence-electron chi connectivity index (χ2n) is 7.39. The first-order chi connectivity index (χ1) is 13.1. The van der Waals surface area contributed by atoms with Gasteiger partial charge in [-0.05, 0) is 37.3 Å². The third-order valence-electron chi connectivity index (χ3n) is 4.94. The van der Waals surface area contributed by atoms with Crippen LogP contribution in [0.4, 0.5) is 8.78 Å². The van der Waals surface area contributed by atoms with E-state index in [9.17, 15) is 8.78 Å². The van der Waals surface area contributed by atoms with Gasteiger partial charge in [-0.25, -0.2) is 0 Å². The minimum Gasteiger partial charge on any atom is -0.490 e. The van der Waals surface area contributed by atoms with Gasteiger partial charge in [0.25, 0.3) is 0 Å². The van der Waals surface area contributed by atoms with Crippen LogP contribution in [-0.2, 0) is 0 Å². The molecule has 0 aromatic heterocycles. The van der Waals surface area contributed by atoms with Crippen LogP contribution >= 0.6 is 0 Å². The van der Waals surface area contributed by atoms with E-state index in [0.717, 1.165) is 38.0 Å². The van der Waals surface area contributed by atoms with Gasteiger partial charge >= 0.3 is 0 Å². The van der Waals surface area contributed by atoms with Crippen molar-refractivity contribution in [2.24, 2.45) is 5.92 Å². The third kappa shape index (κ3) is 9.44. The Morgan fingerprint density at radius 1 is 0.667 bits per heavy atom. The first-order valence-electron chi connectivity index (χ1n) is 10.9. The van der Waals surface area contributed by atoms with Gasteiger partial charge in [0.2, 0.25) is 11.6 Å². The molecule has 4 heteroatoms. The number of rotatable bonds is 16. The Labute approximate surface area is 164 Å². The monoisotopic (exact) mass is 384 g/mol. The van der Waals surface area contributed by atoms with Crippen molar-refractivity contribution < 1.29 is 18.3 Å². The molecule has 0 amide bonds. The molecule has 0 saturated carbocycles. The van der Waals surface area contributed by atoms with Crippen molar-refractivity contribution in [3.8, 4) is 11.5 Å². The van der Waals surface area contributed by atoms with Gasteiger partial charge in [0, 0.05) is 0 Å². The van der Waals surface area contributed by atoms with Gasteiger partial charge in [-0.2, -0.15) is 8.78 Å². The molecule has 1 rings (SSSR count). The van der Waals surface area contributed by atoms with Crippen molar-refractivity contribution in [1.29, 1.82) is 0 Å². The van der Waals surface area contributed by atoms with E-state index in [1.54, 1.807) is 0 Å². The molecule has 0 aliphatic rings. The fourth-order valence-corrected chi connectivity index (χ4v) is 3.32. The van der Waals surface area contributed by atoms with E-state index in [4.69, 9.17) is 9.47 Å². The second kappa shape index (κ2) is 14.7. The summed E-state index contributed by atoms with van der Waals surface area (Å²) in [6.45, 7) is 7.37. The number of benzene rings is 1. The van der Waals surface area contributed by atoms with Gasteiger partial charge < -0.3 is 9.47 Å². The smallest absolute Gasteiger partial charge is 0.204 e. The van der Waals surface area contributed by atoms with Gasteiger partial charge in [0.15, 0.2) is 11.5 Å². The summed E-state index contributed by atoms with van der Waals surface area (Å²) in [5.41, 5.74) is 0. The lowest BCUT2D eigenvalue weighted by Crippen LogP contribution is -2.05.